The number of hydrogen-bond donors (Lipinski definition) is 2. The fourth-order valence-corrected chi connectivity index (χ4v) is 4.28. The summed E-state index contributed by atoms with van der Waals surface area (Å²) >= 11 is 6.00. The van der Waals surface area contributed by atoms with E-state index in [4.69, 9.17) is 21.1 Å². The molecule has 0 unspecified atom stereocenters. The SMILES string of the molecule is O=C(NCCN1CCOCC1)c1cccc(Nc2c(Oc3ccc(Cl)cc3)cnn(-c3ccccc3)c2=O)c1. The van der Waals surface area contributed by atoms with Gasteiger partial charge < -0.3 is 20.1 Å². The second kappa shape index (κ2) is 12.6. The highest BCUT2D eigenvalue weighted by molar-refractivity contribution is 6.30. The molecule has 1 amide bonds. The molecule has 200 valence electrons. The summed E-state index contributed by atoms with van der Waals surface area (Å²) in [6, 6.07) is 22.9. The minimum Gasteiger partial charge on any atom is -0.453 e. The lowest BCUT2D eigenvalue weighted by Gasteiger charge is -2.26. The molecule has 3 aromatic carbocycles. The number of aromatic nitrogens is 2. The molecule has 10 heteroatoms. The van der Waals surface area contributed by atoms with Crippen LogP contribution in [0.2, 0.25) is 5.02 Å². The molecule has 4 aromatic rings. The Hall–Kier alpha value is -4.18. The second-order valence-electron chi connectivity index (χ2n) is 8.91. The van der Waals surface area contributed by atoms with E-state index in [0.29, 0.717) is 47.5 Å². The average molecular weight is 546 g/mol. The van der Waals surface area contributed by atoms with Crippen molar-refractivity contribution >= 4 is 28.9 Å². The number of ether oxygens (including phenoxy) is 2. The molecule has 0 aliphatic carbocycles. The number of nitrogens with one attached hydrogen (secondary N) is 2. The van der Waals surface area contributed by atoms with Gasteiger partial charge in [-0.1, -0.05) is 35.9 Å². The first-order chi connectivity index (χ1) is 19.1. The number of hydrogen-bond acceptors (Lipinski definition) is 7. The molecule has 1 aliphatic rings. The van der Waals surface area contributed by atoms with Crippen LogP contribution in [-0.4, -0.2) is 60.0 Å². The van der Waals surface area contributed by atoms with E-state index in [1.54, 1.807) is 60.7 Å². The number of halogens is 1. The monoisotopic (exact) mass is 545 g/mol. The molecule has 2 heterocycles. The Bertz CT molecular complexity index is 1470. The third-order valence-corrected chi connectivity index (χ3v) is 6.45. The lowest BCUT2D eigenvalue weighted by molar-refractivity contribution is 0.0383. The third-order valence-electron chi connectivity index (χ3n) is 6.20. The lowest BCUT2D eigenvalue weighted by Crippen LogP contribution is -2.41. The van der Waals surface area contributed by atoms with Crippen LogP contribution in [0.4, 0.5) is 11.4 Å². The largest absolute Gasteiger partial charge is 0.453 e. The van der Waals surface area contributed by atoms with Gasteiger partial charge in [-0.2, -0.15) is 9.78 Å². The smallest absolute Gasteiger partial charge is 0.299 e. The Morgan fingerprint density at radius 1 is 1.00 bits per heavy atom. The van der Waals surface area contributed by atoms with E-state index in [1.807, 2.05) is 18.2 Å². The van der Waals surface area contributed by atoms with Gasteiger partial charge in [-0.15, -0.1) is 0 Å². The molecule has 39 heavy (non-hydrogen) atoms. The van der Waals surface area contributed by atoms with E-state index in [-0.39, 0.29) is 17.3 Å². The predicted molar refractivity (Wildman–Crippen MR) is 151 cm³/mol. The topological polar surface area (TPSA) is 97.7 Å². The molecule has 1 aromatic heterocycles. The highest BCUT2D eigenvalue weighted by Crippen LogP contribution is 2.29. The molecule has 1 aliphatic heterocycles. The summed E-state index contributed by atoms with van der Waals surface area (Å²) in [5, 5.41) is 11.0. The van der Waals surface area contributed by atoms with Gasteiger partial charge in [-0.3, -0.25) is 14.5 Å². The van der Waals surface area contributed by atoms with Crippen molar-refractivity contribution in [2.24, 2.45) is 0 Å². The second-order valence-corrected chi connectivity index (χ2v) is 9.34. The van der Waals surface area contributed by atoms with Crippen molar-refractivity contribution in [1.29, 1.82) is 0 Å². The van der Waals surface area contributed by atoms with E-state index >= 15 is 0 Å². The van der Waals surface area contributed by atoms with Gasteiger partial charge in [0.2, 0.25) is 0 Å². The quantitative estimate of drug-likeness (QED) is 0.320. The molecule has 0 bridgehead atoms. The van der Waals surface area contributed by atoms with Gasteiger partial charge in [0.1, 0.15) is 5.75 Å². The fraction of sp³-hybridized carbons (Fsp3) is 0.207. The van der Waals surface area contributed by atoms with Gasteiger partial charge in [0.05, 0.1) is 25.1 Å². The van der Waals surface area contributed by atoms with Crippen LogP contribution in [0.3, 0.4) is 0 Å². The zero-order valence-electron chi connectivity index (χ0n) is 21.2. The number of benzene rings is 3. The van der Waals surface area contributed by atoms with Crippen LogP contribution in [0.25, 0.3) is 5.69 Å². The Morgan fingerprint density at radius 2 is 1.77 bits per heavy atom. The predicted octanol–water partition coefficient (Wildman–Crippen LogP) is 4.48. The first-order valence-electron chi connectivity index (χ1n) is 12.6. The van der Waals surface area contributed by atoms with Gasteiger partial charge >= 0.3 is 0 Å². The number of carbonyl (C=O) groups excluding carboxylic acids is 1. The fourth-order valence-electron chi connectivity index (χ4n) is 4.15. The van der Waals surface area contributed by atoms with Crippen LogP contribution >= 0.6 is 11.6 Å². The number of carbonyl (C=O) groups is 1. The third kappa shape index (κ3) is 6.83. The lowest BCUT2D eigenvalue weighted by atomic mass is 10.2. The molecule has 2 N–H and O–H groups in total. The van der Waals surface area contributed by atoms with Crippen molar-refractivity contribution in [3.63, 3.8) is 0 Å². The summed E-state index contributed by atoms with van der Waals surface area (Å²) in [5.74, 6) is 0.533. The van der Waals surface area contributed by atoms with E-state index in [1.165, 1.54) is 10.9 Å². The molecule has 5 rings (SSSR count). The number of nitrogens with zero attached hydrogens (tertiary/aromatic N) is 3. The van der Waals surface area contributed by atoms with Crippen molar-refractivity contribution in [2.75, 3.05) is 44.7 Å². The summed E-state index contributed by atoms with van der Waals surface area (Å²) in [7, 11) is 0. The van der Waals surface area contributed by atoms with E-state index in [9.17, 15) is 9.59 Å². The Labute approximate surface area is 230 Å². The zero-order valence-corrected chi connectivity index (χ0v) is 21.9. The maximum absolute atomic E-state index is 13.6. The van der Waals surface area contributed by atoms with Crippen molar-refractivity contribution in [1.82, 2.24) is 20.0 Å². The van der Waals surface area contributed by atoms with Gasteiger partial charge in [-0.05, 0) is 54.6 Å². The van der Waals surface area contributed by atoms with E-state index in [0.717, 1.165) is 19.6 Å². The number of amides is 1. The Morgan fingerprint density at radius 3 is 2.54 bits per heavy atom. The summed E-state index contributed by atoms with van der Waals surface area (Å²) in [6.45, 7) is 4.44. The molecule has 9 nitrogen and oxygen atoms in total. The van der Waals surface area contributed by atoms with Gasteiger partial charge in [-0.25, -0.2) is 0 Å². The van der Waals surface area contributed by atoms with Crippen LogP contribution in [0.1, 0.15) is 10.4 Å². The van der Waals surface area contributed by atoms with Crippen LogP contribution in [0, 0.1) is 0 Å². The number of rotatable bonds is 9. The highest BCUT2D eigenvalue weighted by atomic mass is 35.5. The molecule has 0 atom stereocenters. The minimum atomic E-state index is -0.409. The van der Waals surface area contributed by atoms with Gasteiger partial charge in [0.25, 0.3) is 11.5 Å². The number of morpholine rings is 1. The Kier molecular flexibility index (Phi) is 8.52. The zero-order chi connectivity index (χ0) is 27.0. The summed E-state index contributed by atoms with van der Waals surface area (Å²) in [4.78, 5) is 28.7. The van der Waals surface area contributed by atoms with Crippen molar-refractivity contribution in [3.05, 3.63) is 106 Å². The molecule has 0 spiro atoms. The van der Waals surface area contributed by atoms with E-state index in [2.05, 4.69) is 20.6 Å². The van der Waals surface area contributed by atoms with Crippen molar-refractivity contribution in [2.45, 2.75) is 0 Å². The van der Waals surface area contributed by atoms with Gasteiger partial charge in [0, 0.05) is 42.5 Å². The first-order valence-corrected chi connectivity index (χ1v) is 13.0. The van der Waals surface area contributed by atoms with Crippen molar-refractivity contribution < 1.29 is 14.3 Å². The van der Waals surface area contributed by atoms with Gasteiger partial charge in [0.15, 0.2) is 11.4 Å². The molecule has 0 saturated carbocycles. The number of anilines is 2. The summed E-state index contributed by atoms with van der Waals surface area (Å²) < 4.78 is 12.7. The summed E-state index contributed by atoms with van der Waals surface area (Å²) in [5.41, 5.74) is 1.40. The standard InChI is InChI=1S/C29H28ClN5O4/c30-22-9-11-25(12-10-22)39-26-20-32-35(24-7-2-1-3-8-24)29(37)27(26)33-23-6-4-5-21(19-23)28(36)31-13-14-34-15-17-38-18-16-34/h1-12,19-20,33H,13-18H2,(H,31,36). The molecular formula is C29H28ClN5O4. The minimum absolute atomic E-state index is 0.175. The van der Waals surface area contributed by atoms with Crippen LogP contribution in [0.15, 0.2) is 89.9 Å². The Balaban J connectivity index is 1.38. The molecule has 1 saturated heterocycles. The maximum Gasteiger partial charge on any atom is 0.299 e. The van der Waals surface area contributed by atoms with Crippen LogP contribution < -0.4 is 20.9 Å². The number of para-hydroxylation sites is 1. The van der Waals surface area contributed by atoms with E-state index < -0.39 is 5.56 Å². The maximum atomic E-state index is 13.6. The highest BCUT2D eigenvalue weighted by Gasteiger charge is 2.17. The first kappa shape index (κ1) is 26.4. The average Bonchev–Trinajstić information content (AvgIpc) is 2.97. The summed E-state index contributed by atoms with van der Waals surface area (Å²) in [6.07, 6.45) is 1.48. The molecule has 1 fully saturated rings. The molecule has 0 radical (unpaired) electrons. The van der Waals surface area contributed by atoms with Crippen molar-refractivity contribution in [3.8, 4) is 17.2 Å². The normalized spacial score (nSPS) is 13.6. The van der Waals surface area contributed by atoms with Crippen LogP contribution in [-0.2, 0) is 4.74 Å². The molecular weight excluding hydrogens is 518 g/mol. The van der Waals surface area contributed by atoms with Crippen LogP contribution in [0.5, 0.6) is 11.5 Å².